The number of benzene rings is 1. The van der Waals surface area contributed by atoms with Gasteiger partial charge in [-0.05, 0) is 30.2 Å². The fraction of sp³-hybridized carbons (Fsp3) is 0.261. The van der Waals surface area contributed by atoms with E-state index in [1.807, 2.05) is 49.2 Å². The van der Waals surface area contributed by atoms with Gasteiger partial charge in [0.1, 0.15) is 27.8 Å². The van der Waals surface area contributed by atoms with Crippen LogP contribution in [-0.4, -0.2) is 48.8 Å². The average molecular weight is 494 g/mol. The van der Waals surface area contributed by atoms with Crippen molar-refractivity contribution >= 4 is 40.6 Å². The lowest BCUT2D eigenvalue weighted by Crippen LogP contribution is -2.56. The Kier molecular flexibility index (Phi) is 4.91. The molecule has 1 saturated heterocycles. The molecule has 3 aromatic heterocycles. The van der Waals surface area contributed by atoms with Crippen molar-refractivity contribution in [2.45, 2.75) is 19.0 Å². The van der Waals surface area contributed by atoms with Crippen LogP contribution < -0.4 is 5.32 Å². The number of carbonyl (C=O) groups is 1. The van der Waals surface area contributed by atoms with Crippen LogP contribution in [0.4, 0.5) is 11.8 Å². The Balaban J connectivity index is 1.34. The van der Waals surface area contributed by atoms with Gasteiger partial charge in [-0.2, -0.15) is 5.10 Å². The van der Waals surface area contributed by atoms with E-state index >= 15 is 0 Å². The number of nitrogens with one attached hydrogen (secondary N) is 1. The second-order valence-corrected chi connectivity index (χ2v) is 9.87. The van der Waals surface area contributed by atoms with Crippen LogP contribution in [0, 0.1) is 6.92 Å². The third-order valence-corrected chi connectivity index (χ3v) is 7.65. The van der Waals surface area contributed by atoms with Crippen molar-refractivity contribution < 1.29 is 9.53 Å². The number of aromatic nitrogens is 5. The van der Waals surface area contributed by atoms with E-state index in [0.717, 1.165) is 21.8 Å². The first-order valence-corrected chi connectivity index (χ1v) is 11.9. The van der Waals surface area contributed by atoms with Crippen LogP contribution in [0.25, 0.3) is 10.7 Å². The Morgan fingerprint density at radius 3 is 2.79 bits per heavy atom. The fourth-order valence-corrected chi connectivity index (χ4v) is 5.77. The fourth-order valence-electron chi connectivity index (χ4n) is 4.28. The summed E-state index contributed by atoms with van der Waals surface area (Å²) in [6.07, 6.45) is 3.45. The van der Waals surface area contributed by atoms with E-state index in [-0.39, 0.29) is 5.91 Å². The molecule has 11 heteroatoms. The third-order valence-electron chi connectivity index (χ3n) is 6.16. The number of ether oxygens (including phenoxy) is 1. The molecule has 0 unspecified atom stereocenters. The van der Waals surface area contributed by atoms with Crippen LogP contribution >= 0.6 is 22.9 Å². The number of nitrogens with zero attached hydrogens (tertiary/aromatic N) is 6. The lowest BCUT2D eigenvalue weighted by Gasteiger charge is -2.44. The van der Waals surface area contributed by atoms with Crippen molar-refractivity contribution in [3.8, 4) is 10.7 Å². The number of rotatable bonds is 5. The number of hydrogen-bond donors (Lipinski definition) is 1. The van der Waals surface area contributed by atoms with Gasteiger partial charge >= 0.3 is 0 Å². The highest BCUT2D eigenvalue weighted by Crippen LogP contribution is 2.49. The lowest BCUT2D eigenvalue weighted by molar-refractivity contribution is -0.126. The maximum atomic E-state index is 13.5. The molecular weight excluding hydrogens is 474 g/mol. The molecule has 5 heterocycles. The molecule has 4 aromatic rings. The summed E-state index contributed by atoms with van der Waals surface area (Å²) in [6, 6.07) is 9.41. The minimum atomic E-state index is -0.499. The van der Waals surface area contributed by atoms with Gasteiger partial charge in [0.05, 0.1) is 24.3 Å². The van der Waals surface area contributed by atoms with Crippen molar-refractivity contribution in [3.05, 3.63) is 69.4 Å². The third kappa shape index (κ3) is 3.29. The van der Waals surface area contributed by atoms with Crippen LogP contribution in [0.1, 0.15) is 26.5 Å². The summed E-state index contributed by atoms with van der Waals surface area (Å²) >= 11 is 7.66. The van der Waals surface area contributed by atoms with Gasteiger partial charge in [0.2, 0.25) is 5.95 Å². The molecule has 1 N–H and O–H groups in total. The topological polar surface area (TPSA) is 98.1 Å². The molecule has 9 nitrogen and oxygen atoms in total. The first-order valence-electron chi connectivity index (χ1n) is 10.7. The maximum absolute atomic E-state index is 13.5. The van der Waals surface area contributed by atoms with Crippen LogP contribution in [0.5, 0.6) is 0 Å². The summed E-state index contributed by atoms with van der Waals surface area (Å²) < 4.78 is 7.30. The molecule has 2 aliphatic rings. The van der Waals surface area contributed by atoms with E-state index in [1.54, 1.807) is 17.1 Å². The van der Waals surface area contributed by atoms with Gasteiger partial charge in [-0.1, -0.05) is 23.7 Å². The molecule has 0 radical (unpaired) electrons. The summed E-state index contributed by atoms with van der Waals surface area (Å²) in [5.74, 6) is 1.12. The summed E-state index contributed by atoms with van der Waals surface area (Å²) in [4.78, 5) is 30.1. The summed E-state index contributed by atoms with van der Waals surface area (Å²) in [5, 5.41) is 8.67. The summed E-state index contributed by atoms with van der Waals surface area (Å²) in [6.45, 7) is 3.28. The molecule has 172 valence electrons. The largest absolute Gasteiger partial charge is 0.376 e. The number of anilines is 2. The second kappa shape index (κ2) is 7.86. The van der Waals surface area contributed by atoms with E-state index < -0.39 is 5.54 Å². The summed E-state index contributed by atoms with van der Waals surface area (Å²) in [5.41, 5.74) is 2.53. The highest BCUT2D eigenvalue weighted by molar-refractivity contribution is 7.15. The predicted molar refractivity (Wildman–Crippen MR) is 128 cm³/mol. The van der Waals surface area contributed by atoms with Crippen molar-refractivity contribution in [1.82, 2.24) is 29.6 Å². The van der Waals surface area contributed by atoms with Crippen molar-refractivity contribution in [1.29, 1.82) is 0 Å². The minimum absolute atomic E-state index is 0.0966. The van der Waals surface area contributed by atoms with E-state index in [1.165, 1.54) is 11.3 Å². The smallest absolute Gasteiger partial charge is 0.274 e. The SMILES string of the molecule is Cc1cnc(Nc2ccnn2C)nc1-c1nc2c(s1)C1(COC1)N(Cc1cccc(Cl)c1)C2=O. The van der Waals surface area contributed by atoms with E-state index in [0.29, 0.717) is 47.1 Å². The second-order valence-electron chi connectivity index (χ2n) is 8.43. The number of aryl methyl sites for hydroxylation is 2. The van der Waals surface area contributed by atoms with Gasteiger partial charge in [0.15, 0.2) is 0 Å². The quantitative estimate of drug-likeness (QED) is 0.450. The molecule has 1 fully saturated rings. The Morgan fingerprint density at radius 1 is 1.24 bits per heavy atom. The van der Waals surface area contributed by atoms with Gasteiger partial charge in [-0.3, -0.25) is 9.48 Å². The number of thiazole rings is 1. The van der Waals surface area contributed by atoms with Gasteiger partial charge in [0, 0.05) is 30.9 Å². The molecule has 0 aliphatic carbocycles. The average Bonchev–Trinajstić information content (AvgIpc) is 3.45. The van der Waals surface area contributed by atoms with Crippen molar-refractivity contribution in [2.75, 3.05) is 18.5 Å². The molecule has 0 saturated carbocycles. The van der Waals surface area contributed by atoms with E-state index in [2.05, 4.69) is 15.4 Å². The Morgan fingerprint density at radius 2 is 2.09 bits per heavy atom. The number of hydrogen-bond acceptors (Lipinski definition) is 8. The molecule has 1 aromatic carbocycles. The van der Waals surface area contributed by atoms with Gasteiger partial charge in [-0.25, -0.2) is 15.0 Å². The van der Waals surface area contributed by atoms with E-state index in [4.69, 9.17) is 26.3 Å². The van der Waals surface area contributed by atoms with Crippen LogP contribution in [-0.2, 0) is 23.9 Å². The first-order chi connectivity index (χ1) is 16.4. The summed E-state index contributed by atoms with van der Waals surface area (Å²) in [7, 11) is 1.84. The number of fused-ring (bicyclic) bond motifs is 2. The molecule has 2 aliphatic heterocycles. The normalized spacial score (nSPS) is 16.1. The molecule has 34 heavy (non-hydrogen) atoms. The van der Waals surface area contributed by atoms with Crippen molar-refractivity contribution in [2.24, 2.45) is 7.05 Å². The number of halogens is 1. The standard InChI is InChI=1S/C23H20ClN7O2S/c1-13-9-25-22(27-16-6-7-26-30(16)2)29-17(13)20-28-18-19(34-20)23(11-33-12-23)31(21(18)32)10-14-4-3-5-15(24)8-14/h3-9H,10-12H2,1-2H3,(H,25,27,29). The molecule has 1 spiro atoms. The zero-order chi connectivity index (χ0) is 23.4. The number of carbonyl (C=O) groups excluding carboxylic acids is 1. The van der Waals surface area contributed by atoms with E-state index in [9.17, 15) is 4.79 Å². The highest BCUT2D eigenvalue weighted by Gasteiger charge is 2.57. The van der Waals surface area contributed by atoms with Gasteiger partial charge in [0.25, 0.3) is 5.91 Å². The van der Waals surface area contributed by atoms with Crippen LogP contribution in [0.2, 0.25) is 5.02 Å². The molecule has 0 bridgehead atoms. The Hall–Kier alpha value is -3.34. The highest BCUT2D eigenvalue weighted by atomic mass is 35.5. The first kappa shape index (κ1) is 21.2. The zero-order valence-electron chi connectivity index (χ0n) is 18.4. The molecule has 6 rings (SSSR count). The zero-order valence-corrected chi connectivity index (χ0v) is 20.0. The maximum Gasteiger partial charge on any atom is 0.274 e. The van der Waals surface area contributed by atoms with Gasteiger partial charge in [-0.15, -0.1) is 11.3 Å². The predicted octanol–water partition coefficient (Wildman–Crippen LogP) is 3.92. The minimum Gasteiger partial charge on any atom is -0.376 e. The molecule has 1 amide bonds. The Labute approximate surface area is 204 Å². The van der Waals surface area contributed by atoms with Crippen LogP contribution in [0.3, 0.4) is 0 Å². The van der Waals surface area contributed by atoms with Crippen molar-refractivity contribution in [3.63, 3.8) is 0 Å². The number of amides is 1. The van der Waals surface area contributed by atoms with Crippen LogP contribution in [0.15, 0.2) is 42.7 Å². The lowest BCUT2D eigenvalue weighted by atomic mass is 9.95. The molecular formula is C23H20ClN7O2S. The van der Waals surface area contributed by atoms with Gasteiger partial charge < -0.3 is 15.0 Å². The molecule has 0 atom stereocenters. The Bertz CT molecular complexity index is 1430. The monoisotopic (exact) mass is 493 g/mol.